The fraction of sp³-hybridized carbons (Fsp3) is 0.556. The van der Waals surface area contributed by atoms with E-state index in [1.165, 1.54) is 5.56 Å². The molecule has 3 amide bonds. The molecule has 1 saturated heterocycles. The van der Waals surface area contributed by atoms with Crippen LogP contribution in [-0.4, -0.2) is 34.6 Å². The average Bonchev–Trinajstić information content (AvgIpc) is 3.05. The van der Waals surface area contributed by atoms with Gasteiger partial charge in [-0.1, -0.05) is 20.4 Å². The second-order valence-corrected chi connectivity index (χ2v) is 7.42. The molecule has 0 radical (unpaired) electrons. The van der Waals surface area contributed by atoms with Crippen LogP contribution in [0.2, 0.25) is 0 Å². The summed E-state index contributed by atoms with van der Waals surface area (Å²) in [5.41, 5.74) is 6.10. The van der Waals surface area contributed by atoms with Crippen LogP contribution in [0.5, 0.6) is 0 Å². The van der Waals surface area contributed by atoms with Crippen molar-refractivity contribution in [3.63, 3.8) is 0 Å². The molecule has 0 spiro atoms. The Bertz CT molecular complexity index is 683. The van der Waals surface area contributed by atoms with E-state index in [1.807, 2.05) is 20.8 Å². The van der Waals surface area contributed by atoms with Gasteiger partial charge in [-0.25, -0.2) is 10.2 Å². The zero-order valence-corrected chi connectivity index (χ0v) is 16.5. The molecular weight excluding hydrogens is 336 g/mol. The molecule has 0 aliphatic carbocycles. The molecule has 138 valence electrons. The zero-order valence-electron chi connectivity index (χ0n) is 15.7. The SMILES string of the molecule is C=C(c1c(C)sc(CN2NC(C)NC2=O)c1CC)N(CC)C(=O)CC. The van der Waals surface area contributed by atoms with Crippen LogP contribution in [0.15, 0.2) is 6.58 Å². The van der Waals surface area contributed by atoms with E-state index < -0.39 is 0 Å². The molecule has 1 aromatic heterocycles. The van der Waals surface area contributed by atoms with E-state index in [9.17, 15) is 9.59 Å². The standard InChI is InChI=1S/C18H28N4O2S/c1-7-14-15(10-22-18(24)19-13(6)20-22)25-12(5)17(14)11(4)21(9-3)16(23)8-2/h13,20H,4,7-10H2,1-3,5-6H3,(H,19,24). The van der Waals surface area contributed by atoms with Crippen LogP contribution in [-0.2, 0) is 17.8 Å². The maximum Gasteiger partial charge on any atom is 0.333 e. The van der Waals surface area contributed by atoms with Crippen molar-refractivity contribution in [3.8, 4) is 0 Å². The molecule has 7 heteroatoms. The largest absolute Gasteiger partial charge is 0.333 e. The van der Waals surface area contributed by atoms with E-state index in [0.29, 0.717) is 19.5 Å². The second-order valence-electron chi connectivity index (χ2n) is 6.11. The van der Waals surface area contributed by atoms with Crippen LogP contribution in [0.4, 0.5) is 4.79 Å². The Morgan fingerprint density at radius 2 is 2.04 bits per heavy atom. The van der Waals surface area contributed by atoms with Crippen molar-refractivity contribution in [1.29, 1.82) is 0 Å². The first-order valence-corrected chi connectivity index (χ1v) is 9.60. The van der Waals surface area contributed by atoms with Gasteiger partial charge in [0.05, 0.1) is 12.7 Å². The minimum absolute atomic E-state index is 0.0640. The van der Waals surface area contributed by atoms with Crippen molar-refractivity contribution >= 4 is 29.0 Å². The molecule has 0 bridgehead atoms. The molecule has 1 aliphatic heterocycles. The van der Waals surface area contributed by atoms with Crippen LogP contribution in [0.25, 0.3) is 5.70 Å². The smallest absolute Gasteiger partial charge is 0.320 e. The number of carbonyl (C=O) groups is 2. The average molecular weight is 365 g/mol. The summed E-state index contributed by atoms with van der Waals surface area (Å²) in [6, 6.07) is -0.114. The van der Waals surface area contributed by atoms with Crippen molar-refractivity contribution in [3.05, 3.63) is 27.5 Å². The van der Waals surface area contributed by atoms with Crippen LogP contribution >= 0.6 is 11.3 Å². The molecule has 2 heterocycles. The summed E-state index contributed by atoms with van der Waals surface area (Å²) in [5, 5.41) is 4.44. The Labute approximate surface area is 153 Å². The number of aryl methyl sites for hydroxylation is 1. The minimum Gasteiger partial charge on any atom is -0.320 e. The maximum absolute atomic E-state index is 12.2. The lowest BCUT2D eigenvalue weighted by Crippen LogP contribution is -2.35. The number of nitrogens with one attached hydrogen (secondary N) is 2. The predicted molar refractivity (Wildman–Crippen MR) is 102 cm³/mol. The van der Waals surface area contributed by atoms with Gasteiger partial charge in [-0.3, -0.25) is 9.80 Å². The third-order valence-corrected chi connectivity index (χ3v) is 5.52. The summed E-state index contributed by atoms with van der Waals surface area (Å²) >= 11 is 1.67. The van der Waals surface area contributed by atoms with Crippen molar-refractivity contribution in [2.24, 2.45) is 0 Å². The fourth-order valence-corrected chi connectivity index (χ4v) is 4.50. The van der Waals surface area contributed by atoms with E-state index in [2.05, 4.69) is 31.2 Å². The number of amides is 3. The Kier molecular flexibility index (Phi) is 6.24. The highest BCUT2D eigenvalue weighted by molar-refractivity contribution is 7.12. The molecule has 2 N–H and O–H groups in total. The van der Waals surface area contributed by atoms with Gasteiger partial charge >= 0.3 is 6.03 Å². The summed E-state index contributed by atoms with van der Waals surface area (Å²) in [6.45, 7) is 15.2. The Hall–Kier alpha value is -1.86. The van der Waals surface area contributed by atoms with Gasteiger partial charge in [-0.2, -0.15) is 0 Å². The molecule has 2 rings (SSSR count). The Balaban J connectivity index is 2.34. The molecule has 1 aromatic rings. The highest BCUT2D eigenvalue weighted by Gasteiger charge is 2.28. The van der Waals surface area contributed by atoms with Crippen LogP contribution in [0, 0.1) is 6.92 Å². The molecule has 1 atom stereocenters. The van der Waals surface area contributed by atoms with Crippen molar-refractivity contribution in [2.75, 3.05) is 6.54 Å². The van der Waals surface area contributed by atoms with E-state index in [4.69, 9.17) is 0 Å². The third-order valence-electron chi connectivity index (χ3n) is 4.39. The predicted octanol–water partition coefficient (Wildman–Crippen LogP) is 3.22. The molecule has 1 unspecified atom stereocenters. The first-order chi connectivity index (χ1) is 11.8. The summed E-state index contributed by atoms with van der Waals surface area (Å²) in [6.07, 6.45) is 1.22. The molecule has 25 heavy (non-hydrogen) atoms. The van der Waals surface area contributed by atoms with E-state index in [0.717, 1.165) is 27.4 Å². The number of carbonyl (C=O) groups excluding carboxylic acids is 2. The minimum atomic E-state index is -0.114. The van der Waals surface area contributed by atoms with Gasteiger partial charge in [-0.15, -0.1) is 11.3 Å². The molecule has 0 aromatic carbocycles. The number of urea groups is 1. The highest BCUT2D eigenvalue weighted by Crippen LogP contribution is 2.35. The third kappa shape index (κ3) is 3.88. The van der Waals surface area contributed by atoms with Crippen molar-refractivity contribution in [2.45, 2.75) is 60.2 Å². The van der Waals surface area contributed by atoms with Gasteiger partial charge in [0.1, 0.15) is 0 Å². The first-order valence-electron chi connectivity index (χ1n) is 8.78. The normalized spacial score (nSPS) is 16.9. The number of hydrogen-bond acceptors (Lipinski definition) is 4. The number of thiophene rings is 1. The van der Waals surface area contributed by atoms with Gasteiger partial charge in [0.15, 0.2) is 0 Å². The Morgan fingerprint density at radius 1 is 1.36 bits per heavy atom. The molecular formula is C18H28N4O2S. The summed E-state index contributed by atoms with van der Waals surface area (Å²) in [5.74, 6) is 0.0797. The van der Waals surface area contributed by atoms with Crippen molar-refractivity contribution < 1.29 is 9.59 Å². The number of nitrogens with zero attached hydrogens (tertiary/aromatic N) is 2. The lowest BCUT2D eigenvalue weighted by atomic mass is 10.0. The van der Waals surface area contributed by atoms with Crippen LogP contribution < -0.4 is 10.7 Å². The lowest BCUT2D eigenvalue weighted by molar-refractivity contribution is -0.127. The summed E-state index contributed by atoms with van der Waals surface area (Å²) in [7, 11) is 0. The number of hydrazine groups is 1. The lowest BCUT2D eigenvalue weighted by Gasteiger charge is -2.24. The Morgan fingerprint density at radius 3 is 2.52 bits per heavy atom. The fourth-order valence-electron chi connectivity index (χ4n) is 3.22. The van der Waals surface area contributed by atoms with E-state index in [1.54, 1.807) is 21.2 Å². The summed E-state index contributed by atoms with van der Waals surface area (Å²) in [4.78, 5) is 28.2. The topological polar surface area (TPSA) is 64.7 Å². The molecule has 1 aliphatic rings. The first kappa shape index (κ1) is 19.5. The molecule has 6 nitrogen and oxygen atoms in total. The number of hydrogen-bond donors (Lipinski definition) is 2. The number of rotatable bonds is 7. The second kappa shape index (κ2) is 8.01. The van der Waals surface area contributed by atoms with Crippen LogP contribution in [0.3, 0.4) is 0 Å². The quantitative estimate of drug-likeness (QED) is 0.781. The molecule has 0 saturated carbocycles. The van der Waals surface area contributed by atoms with Crippen LogP contribution in [0.1, 0.15) is 55.0 Å². The van der Waals surface area contributed by atoms with Gasteiger partial charge < -0.3 is 10.2 Å². The van der Waals surface area contributed by atoms with Gasteiger partial charge in [0.2, 0.25) is 5.91 Å². The zero-order chi connectivity index (χ0) is 18.7. The highest BCUT2D eigenvalue weighted by atomic mass is 32.1. The van der Waals surface area contributed by atoms with E-state index in [-0.39, 0.29) is 18.1 Å². The molecule has 1 fully saturated rings. The summed E-state index contributed by atoms with van der Waals surface area (Å²) < 4.78 is 0. The van der Waals surface area contributed by atoms with E-state index >= 15 is 0 Å². The van der Waals surface area contributed by atoms with Crippen molar-refractivity contribution in [1.82, 2.24) is 20.7 Å². The van der Waals surface area contributed by atoms with Gasteiger partial charge in [0, 0.05) is 34.0 Å². The monoisotopic (exact) mass is 364 g/mol. The van der Waals surface area contributed by atoms with Gasteiger partial charge in [-0.05, 0) is 32.8 Å². The maximum atomic E-state index is 12.2. The van der Waals surface area contributed by atoms with Gasteiger partial charge in [0.25, 0.3) is 0 Å².